The summed E-state index contributed by atoms with van der Waals surface area (Å²) in [6.07, 6.45) is 0. The maximum Gasteiger partial charge on any atom is 0.330 e. The van der Waals surface area contributed by atoms with Crippen molar-refractivity contribution in [3.63, 3.8) is 0 Å². The number of aliphatic carboxylic acids is 1. The lowest BCUT2D eigenvalue weighted by atomic mass is 10.4. The number of carbonyl (C=O) groups is 1. The number of carboxylic acids is 1. The molecule has 0 saturated heterocycles. The van der Waals surface area contributed by atoms with Crippen molar-refractivity contribution in [1.29, 1.82) is 0 Å². The first kappa shape index (κ1) is 7.43. The topological polar surface area (TPSA) is 37.3 Å². The molecule has 0 fully saturated rings. The molecule has 0 saturated carbocycles. The molecule has 0 amide bonds. The summed E-state index contributed by atoms with van der Waals surface area (Å²) in [6.45, 7) is 3.67. The standard InChI is InChI=1S/C5H10O2Si/c1-4(3-8-2)5(6)7/h3H,8H2,1-2H3,(H,6,7)/b4-3+. The van der Waals surface area contributed by atoms with Crippen LogP contribution in [-0.4, -0.2) is 20.6 Å². The smallest absolute Gasteiger partial charge is 0.330 e. The van der Waals surface area contributed by atoms with E-state index in [1.165, 1.54) is 0 Å². The van der Waals surface area contributed by atoms with E-state index in [4.69, 9.17) is 5.11 Å². The zero-order chi connectivity index (χ0) is 6.57. The van der Waals surface area contributed by atoms with Gasteiger partial charge in [-0.1, -0.05) is 12.2 Å². The summed E-state index contributed by atoms with van der Waals surface area (Å²) >= 11 is 0. The molecule has 2 nitrogen and oxygen atoms in total. The molecule has 8 heavy (non-hydrogen) atoms. The zero-order valence-electron chi connectivity index (χ0n) is 5.14. The summed E-state index contributed by atoms with van der Waals surface area (Å²) in [6, 6.07) is 0. The Hall–Kier alpha value is -0.573. The van der Waals surface area contributed by atoms with Crippen molar-refractivity contribution >= 4 is 15.5 Å². The predicted molar refractivity (Wildman–Crippen MR) is 35.8 cm³/mol. The summed E-state index contributed by atoms with van der Waals surface area (Å²) < 4.78 is 0. The number of rotatable bonds is 2. The summed E-state index contributed by atoms with van der Waals surface area (Å²) in [5.74, 6) is -0.792. The molecule has 0 atom stereocenters. The number of carboxylic acid groups (broad SMARTS) is 1. The van der Waals surface area contributed by atoms with Gasteiger partial charge in [-0.15, -0.1) is 0 Å². The lowest BCUT2D eigenvalue weighted by molar-refractivity contribution is -0.132. The molecule has 0 spiro atoms. The highest BCUT2D eigenvalue weighted by molar-refractivity contribution is 6.41. The molecule has 0 radical (unpaired) electrons. The van der Waals surface area contributed by atoms with Crippen LogP contribution >= 0.6 is 0 Å². The van der Waals surface area contributed by atoms with Crippen molar-refractivity contribution < 1.29 is 9.90 Å². The second kappa shape index (κ2) is 3.43. The van der Waals surface area contributed by atoms with Crippen LogP contribution in [0.4, 0.5) is 0 Å². The van der Waals surface area contributed by atoms with Crippen LogP contribution in [-0.2, 0) is 4.79 Å². The third-order valence-electron chi connectivity index (χ3n) is 0.848. The maximum atomic E-state index is 10.0. The fraction of sp³-hybridized carbons (Fsp3) is 0.400. The van der Waals surface area contributed by atoms with Crippen molar-refractivity contribution in [2.45, 2.75) is 13.5 Å². The molecule has 46 valence electrons. The number of hydrogen-bond donors (Lipinski definition) is 1. The minimum absolute atomic E-state index is 0.219. The molecule has 0 aromatic heterocycles. The first-order chi connectivity index (χ1) is 3.68. The van der Waals surface area contributed by atoms with E-state index >= 15 is 0 Å². The second-order valence-electron chi connectivity index (χ2n) is 1.60. The molecule has 0 aliphatic rings. The van der Waals surface area contributed by atoms with Crippen LogP contribution in [0.3, 0.4) is 0 Å². The first-order valence-corrected chi connectivity index (χ1v) is 4.81. The Labute approximate surface area is 51.0 Å². The van der Waals surface area contributed by atoms with Crippen molar-refractivity contribution in [3.8, 4) is 0 Å². The van der Waals surface area contributed by atoms with Crippen LogP contribution in [0.5, 0.6) is 0 Å². The van der Waals surface area contributed by atoms with Gasteiger partial charge >= 0.3 is 5.97 Å². The highest BCUT2D eigenvalue weighted by Gasteiger charge is 1.94. The molecule has 0 aliphatic heterocycles. The molecular weight excluding hydrogens is 120 g/mol. The van der Waals surface area contributed by atoms with E-state index in [2.05, 4.69) is 0 Å². The van der Waals surface area contributed by atoms with Crippen molar-refractivity contribution in [2.24, 2.45) is 0 Å². The highest BCUT2D eigenvalue weighted by atomic mass is 28.2. The Morgan fingerprint density at radius 3 is 2.38 bits per heavy atom. The molecule has 0 aromatic carbocycles. The van der Waals surface area contributed by atoms with Gasteiger partial charge < -0.3 is 5.11 Å². The predicted octanol–water partition coefficient (Wildman–Crippen LogP) is 0.192. The summed E-state index contributed by atoms with van der Waals surface area (Å²) in [5, 5.41) is 8.27. The van der Waals surface area contributed by atoms with Crippen LogP contribution in [0.1, 0.15) is 6.92 Å². The molecule has 0 rings (SSSR count). The van der Waals surface area contributed by atoms with E-state index < -0.39 is 5.97 Å². The molecule has 1 N–H and O–H groups in total. The van der Waals surface area contributed by atoms with Gasteiger partial charge in [0.15, 0.2) is 0 Å². The van der Waals surface area contributed by atoms with Crippen molar-refractivity contribution in [2.75, 3.05) is 0 Å². The second-order valence-corrected chi connectivity index (χ2v) is 2.83. The maximum absolute atomic E-state index is 10.0. The summed E-state index contributed by atoms with van der Waals surface area (Å²) in [5.41, 5.74) is 2.31. The molecular formula is C5H10O2Si. The van der Waals surface area contributed by atoms with Gasteiger partial charge in [0, 0.05) is 15.1 Å². The van der Waals surface area contributed by atoms with Gasteiger partial charge in [0.05, 0.1) is 0 Å². The van der Waals surface area contributed by atoms with Crippen LogP contribution in [0, 0.1) is 0 Å². The molecule has 0 unspecified atom stereocenters. The lowest BCUT2D eigenvalue weighted by Crippen LogP contribution is -1.96. The lowest BCUT2D eigenvalue weighted by Gasteiger charge is -1.86. The average Bonchev–Trinajstić information content (AvgIpc) is 1.67. The quantitative estimate of drug-likeness (QED) is 0.428. The van der Waals surface area contributed by atoms with Gasteiger partial charge in [-0.3, -0.25) is 0 Å². The minimum atomic E-state index is -0.792. The fourth-order valence-corrected chi connectivity index (χ4v) is 1.18. The van der Waals surface area contributed by atoms with E-state index in [1.807, 2.05) is 12.2 Å². The van der Waals surface area contributed by atoms with Crippen molar-refractivity contribution in [1.82, 2.24) is 0 Å². The van der Waals surface area contributed by atoms with Gasteiger partial charge in [0.1, 0.15) is 0 Å². The van der Waals surface area contributed by atoms with Gasteiger partial charge in [-0.2, -0.15) is 0 Å². The Morgan fingerprint density at radius 1 is 1.75 bits per heavy atom. The Kier molecular flexibility index (Phi) is 3.19. The number of hydrogen-bond acceptors (Lipinski definition) is 1. The van der Waals surface area contributed by atoms with E-state index in [-0.39, 0.29) is 9.52 Å². The highest BCUT2D eigenvalue weighted by Crippen LogP contribution is 1.88. The Bertz CT molecular complexity index is 118. The van der Waals surface area contributed by atoms with E-state index in [9.17, 15) is 4.79 Å². The zero-order valence-corrected chi connectivity index (χ0v) is 6.55. The molecule has 0 bridgehead atoms. The van der Waals surface area contributed by atoms with Gasteiger partial charge in [-0.05, 0) is 6.92 Å². The summed E-state index contributed by atoms with van der Waals surface area (Å²) in [7, 11) is -0.219. The third-order valence-corrected chi connectivity index (χ3v) is 1.87. The minimum Gasteiger partial charge on any atom is -0.478 e. The fourth-order valence-electron chi connectivity index (χ4n) is 0.393. The largest absolute Gasteiger partial charge is 0.478 e. The Morgan fingerprint density at radius 2 is 2.25 bits per heavy atom. The summed E-state index contributed by atoms with van der Waals surface area (Å²) in [4.78, 5) is 10.0. The van der Waals surface area contributed by atoms with Crippen LogP contribution < -0.4 is 0 Å². The normalized spacial score (nSPS) is 13.0. The average molecular weight is 130 g/mol. The van der Waals surface area contributed by atoms with E-state index in [0.29, 0.717) is 5.57 Å². The molecule has 0 aromatic rings. The van der Waals surface area contributed by atoms with Crippen LogP contribution in [0.15, 0.2) is 11.3 Å². The van der Waals surface area contributed by atoms with Gasteiger partial charge in [0.25, 0.3) is 0 Å². The van der Waals surface area contributed by atoms with E-state index in [1.54, 1.807) is 6.92 Å². The van der Waals surface area contributed by atoms with Gasteiger partial charge in [0.2, 0.25) is 0 Å². The van der Waals surface area contributed by atoms with Crippen LogP contribution in [0.2, 0.25) is 6.55 Å². The molecule has 0 heterocycles. The molecule has 0 aliphatic carbocycles. The monoisotopic (exact) mass is 130 g/mol. The Balaban J connectivity index is 3.80. The van der Waals surface area contributed by atoms with Crippen LogP contribution in [0.25, 0.3) is 0 Å². The van der Waals surface area contributed by atoms with E-state index in [0.717, 1.165) is 0 Å². The van der Waals surface area contributed by atoms with Crippen molar-refractivity contribution in [3.05, 3.63) is 11.3 Å². The first-order valence-electron chi connectivity index (χ1n) is 2.58. The molecule has 3 heteroatoms. The SMILES string of the molecule is C[SiH2]/C=C(\C)C(=O)O. The third kappa shape index (κ3) is 2.57. The van der Waals surface area contributed by atoms with Gasteiger partial charge in [-0.25, -0.2) is 4.79 Å².